The van der Waals surface area contributed by atoms with E-state index < -0.39 is 10.0 Å². The quantitative estimate of drug-likeness (QED) is 0.295. The number of benzene rings is 3. The molecule has 35 heavy (non-hydrogen) atoms. The Hall–Kier alpha value is -3.14. The van der Waals surface area contributed by atoms with Gasteiger partial charge in [-0.05, 0) is 50.5 Å². The van der Waals surface area contributed by atoms with Crippen LogP contribution < -0.4 is 4.31 Å². The average molecular weight is 555 g/mol. The number of nitrogens with one attached hydrogen (secondary N) is 1. The molecule has 0 saturated carbocycles. The minimum atomic E-state index is -3.43. The highest BCUT2D eigenvalue weighted by Crippen LogP contribution is 2.33. The molecule has 1 heterocycles. The third kappa shape index (κ3) is 5.75. The van der Waals surface area contributed by atoms with Gasteiger partial charge in [-0.25, -0.2) is 13.4 Å². The van der Waals surface area contributed by atoms with Gasteiger partial charge in [0.2, 0.25) is 10.0 Å². The largest absolute Gasteiger partial charge is 0.494 e. The number of aromatic nitrogens is 1. The standard InChI is InChI=1S/C26H27BrN4O3S/c1-30(2)15-16-31(35(3,33)34)21-12-10-20(11-13-21)28-25(18-7-5-4-6-8-18)24-22-14-9-19(27)17-23(22)29-26(24)32/h4-14,17,29,32H,15-16H2,1-3H3. The van der Waals surface area contributed by atoms with Gasteiger partial charge in [0.25, 0.3) is 0 Å². The fourth-order valence-electron chi connectivity index (χ4n) is 3.86. The SMILES string of the molecule is CN(C)CCN(c1ccc(N=C(c2ccccc2)c2c(O)[nH]c3cc(Br)ccc23)cc1)S(C)(=O)=O. The molecule has 0 aliphatic rings. The van der Waals surface area contributed by atoms with Crippen LogP contribution in [-0.2, 0) is 10.0 Å². The van der Waals surface area contributed by atoms with E-state index in [1.807, 2.05) is 67.5 Å². The number of rotatable bonds is 8. The number of aliphatic imine (C=N–C) groups is 1. The Kier molecular flexibility index (Phi) is 7.30. The summed E-state index contributed by atoms with van der Waals surface area (Å²) < 4.78 is 27.0. The molecule has 7 nitrogen and oxygen atoms in total. The van der Waals surface area contributed by atoms with Crippen LogP contribution in [0.1, 0.15) is 11.1 Å². The molecule has 0 fully saturated rings. The van der Waals surface area contributed by atoms with Crippen molar-refractivity contribution < 1.29 is 13.5 Å². The fourth-order valence-corrected chi connectivity index (χ4v) is 5.13. The van der Waals surface area contributed by atoms with Gasteiger partial charge < -0.3 is 15.0 Å². The highest BCUT2D eigenvalue weighted by molar-refractivity contribution is 9.10. The molecule has 0 radical (unpaired) electrons. The van der Waals surface area contributed by atoms with Gasteiger partial charge in [-0.3, -0.25) is 4.31 Å². The van der Waals surface area contributed by atoms with Gasteiger partial charge >= 0.3 is 0 Å². The molecule has 0 saturated heterocycles. The number of fused-ring (bicyclic) bond motifs is 1. The molecule has 4 rings (SSSR count). The van der Waals surface area contributed by atoms with Crippen LogP contribution in [0, 0.1) is 0 Å². The normalized spacial score (nSPS) is 12.4. The smallest absolute Gasteiger partial charge is 0.232 e. The topological polar surface area (TPSA) is 89.0 Å². The molecule has 182 valence electrons. The molecular formula is C26H27BrN4O3S. The number of H-pyrrole nitrogens is 1. The third-order valence-electron chi connectivity index (χ3n) is 5.55. The predicted molar refractivity (Wildman–Crippen MR) is 147 cm³/mol. The van der Waals surface area contributed by atoms with E-state index in [9.17, 15) is 13.5 Å². The number of sulfonamides is 1. The van der Waals surface area contributed by atoms with E-state index in [-0.39, 0.29) is 5.88 Å². The highest BCUT2D eigenvalue weighted by Gasteiger charge is 2.20. The predicted octanol–water partition coefficient (Wildman–Crippen LogP) is 5.13. The number of hydrogen-bond donors (Lipinski definition) is 2. The Bertz CT molecular complexity index is 1460. The molecule has 4 aromatic rings. The lowest BCUT2D eigenvalue weighted by Crippen LogP contribution is -2.35. The van der Waals surface area contributed by atoms with E-state index in [1.54, 1.807) is 24.3 Å². The number of nitrogens with zero attached hydrogens (tertiary/aromatic N) is 3. The number of halogens is 1. The summed E-state index contributed by atoms with van der Waals surface area (Å²) in [5.74, 6) is 0.0317. The lowest BCUT2D eigenvalue weighted by atomic mass is 10.0. The molecular weight excluding hydrogens is 528 g/mol. The third-order valence-corrected chi connectivity index (χ3v) is 7.24. The zero-order valence-corrected chi connectivity index (χ0v) is 22.1. The summed E-state index contributed by atoms with van der Waals surface area (Å²) in [4.78, 5) is 9.87. The van der Waals surface area contributed by atoms with Gasteiger partial charge in [0, 0.05) is 28.5 Å². The minimum absolute atomic E-state index is 0.0317. The van der Waals surface area contributed by atoms with Gasteiger partial charge in [0.15, 0.2) is 5.88 Å². The molecule has 9 heteroatoms. The lowest BCUT2D eigenvalue weighted by Gasteiger charge is -2.24. The molecule has 0 amide bonds. The highest BCUT2D eigenvalue weighted by atomic mass is 79.9. The zero-order chi connectivity index (χ0) is 25.2. The first kappa shape index (κ1) is 25.0. The number of hydrogen-bond acceptors (Lipinski definition) is 5. The second-order valence-corrected chi connectivity index (χ2v) is 11.3. The van der Waals surface area contributed by atoms with Gasteiger partial charge in [-0.2, -0.15) is 0 Å². The lowest BCUT2D eigenvalue weighted by molar-refractivity contribution is 0.419. The van der Waals surface area contributed by atoms with Crippen LogP contribution in [0.25, 0.3) is 10.9 Å². The van der Waals surface area contributed by atoms with Crippen molar-refractivity contribution in [2.24, 2.45) is 4.99 Å². The van der Waals surface area contributed by atoms with Crippen molar-refractivity contribution in [2.45, 2.75) is 0 Å². The monoisotopic (exact) mass is 554 g/mol. The van der Waals surface area contributed by atoms with E-state index in [1.165, 1.54) is 10.6 Å². The first-order valence-corrected chi connectivity index (χ1v) is 13.6. The minimum Gasteiger partial charge on any atom is -0.494 e. The summed E-state index contributed by atoms with van der Waals surface area (Å²) in [6, 6.07) is 22.5. The summed E-state index contributed by atoms with van der Waals surface area (Å²) in [7, 11) is 0.378. The molecule has 0 spiro atoms. The van der Waals surface area contributed by atoms with E-state index in [2.05, 4.69) is 20.9 Å². The Balaban J connectivity index is 1.79. The Morgan fingerprint density at radius 3 is 2.31 bits per heavy atom. The van der Waals surface area contributed by atoms with E-state index in [0.717, 1.165) is 20.9 Å². The summed E-state index contributed by atoms with van der Waals surface area (Å²) >= 11 is 3.47. The molecule has 0 atom stereocenters. The summed E-state index contributed by atoms with van der Waals surface area (Å²) in [5, 5.41) is 11.7. The Labute approximate surface area is 213 Å². The zero-order valence-electron chi connectivity index (χ0n) is 19.7. The number of aromatic hydroxyl groups is 1. The molecule has 3 aromatic carbocycles. The first-order valence-electron chi connectivity index (χ1n) is 11.0. The molecule has 0 aliphatic heterocycles. The van der Waals surface area contributed by atoms with Gasteiger partial charge in [-0.15, -0.1) is 0 Å². The van der Waals surface area contributed by atoms with Crippen LogP contribution in [0.3, 0.4) is 0 Å². The van der Waals surface area contributed by atoms with Crippen LogP contribution in [0.2, 0.25) is 0 Å². The number of aromatic amines is 1. The molecule has 1 aromatic heterocycles. The van der Waals surface area contributed by atoms with Crippen LogP contribution in [-0.4, -0.2) is 62.6 Å². The van der Waals surface area contributed by atoms with E-state index in [0.29, 0.717) is 35.7 Å². The van der Waals surface area contributed by atoms with Crippen LogP contribution in [0.15, 0.2) is 82.3 Å². The van der Waals surface area contributed by atoms with E-state index >= 15 is 0 Å². The van der Waals surface area contributed by atoms with Crippen molar-refractivity contribution in [3.8, 4) is 5.88 Å². The average Bonchev–Trinajstić information content (AvgIpc) is 3.12. The van der Waals surface area contributed by atoms with Crippen molar-refractivity contribution in [3.05, 3.63) is 88.4 Å². The molecule has 0 aliphatic carbocycles. The maximum Gasteiger partial charge on any atom is 0.232 e. The van der Waals surface area contributed by atoms with Crippen LogP contribution >= 0.6 is 15.9 Å². The maximum atomic E-state index is 12.4. The second-order valence-electron chi connectivity index (χ2n) is 8.52. The van der Waals surface area contributed by atoms with Gasteiger partial charge in [-0.1, -0.05) is 52.3 Å². The van der Waals surface area contributed by atoms with Crippen LogP contribution in [0.5, 0.6) is 5.88 Å². The first-order chi connectivity index (χ1) is 16.6. The van der Waals surface area contributed by atoms with Gasteiger partial charge in [0.05, 0.1) is 34.4 Å². The summed E-state index contributed by atoms with van der Waals surface area (Å²) in [6.07, 6.45) is 1.21. The molecule has 0 unspecified atom stereocenters. The van der Waals surface area contributed by atoms with Crippen molar-refractivity contribution in [1.29, 1.82) is 0 Å². The van der Waals surface area contributed by atoms with Crippen molar-refractivity contribution in [3.63, 3.8) is 0 Å². The fraction of sp³-hybridized carbons (Fsp3) is 0.192. The summed E-state index contributed by atoms with van der Waals surface area (Å²) in [5.41, 5.74) is 4.06. The molecule has 0 bridgehead atoms. The summed E-state index contributed by atoms with van der Waals surface area (Å²) in [6.45, 7) is 0.948. The maximum absolute atomic E-state index is 12.4. The van der Waals surface area contributed by atoms with Gasteiger partial charge in [0.1, 0.15) is 0 Å². The van der Waals surface area contributed by atoms with E-state index in [4.69, 9.17) is 4.99 Å². The molecule has 2 N–H and O–H groups in total. The van der Waals surface area contributed by atoms with Crippen molar-refractivity contribution in [1.82, 2.24) is 9.88 Å². The van der Waals surface area contributed by atoms with Crippen LogP contribution in [0.4, 0.5) is 11.4 Å². The number of anilines is 1. The van der Waals surface area contributed by atoms with Crippen molar-refractivity contribution in [2.75, 3.05) is 37.7 Å². The Morgan fingerprint density at radius 1 is 1.00 bits per heavy atom. The second kappa shape index (κ2) is 10.2. The number of likely N-dealkylation sites (N-methyl/N-ethyl adjacent to an activating group) is 1. The Morgan fingerprint density at radius 2 is 1.69 bits per heavy atom. The van der Waals surface area contributed by atoms with Crippen molar-refractivity contribution >= 4 is 53.9 Å².